The van der Waals surface area contributed by atoms with E-state index < -0.39 is 0 Å². The first-order chi connectivity index (χ1) is 14.8. The van der Waals surface area contributed by atoms with E-state index in [1.165, 1.54) is 0 Å². The number of hydrogen-bond acceptors (Lipinski definition) is 3. The number of aromatic nitrogens is 1. The van der Waals surface area contributed by atoms with Crippen molar-refractivity contribution in [2.24, 2.45) is 7.05 Å². The number of halogens is 1. The van der Waals surface area contributed by atoms with Crippen molar-refractivity contribution >= 4 is 23.4 Å². The highest BCUT2D eigenvalue weighted by Gasteiger charge is 2.25. The average molecular weight is 448 g/mol. The number of carbonyl (C=O) groups excluding carboxylic acids is 2. The van der Waals surface area contributed by atoms with Crippen LogP contribution in [0.3, 0.4) is 0 Å². The van der Waals surface area contributed by atoms with Gasteiger partial charge in [-0.25, -0.2) is 0 Å². The molecular weight excluding hydrogens is 414 g/mol. The average Bonchev–Trinajstić information content (AvgIpc) is 3.17. The molecule has 1 unspecified atom stereocenters. The highest BCUT2D eigenvalue weighted by atomic mass is 35.5. The molecule has 0 spiro atoms. The second kappa shape index (κ2) is 12.4. The van der Waals surface area contributed by atoms with Gasteiger partial charge in [-0.1, -0.05) is 31.9 Å². The summed E-state index contributed by atoms with van der Waals surface area (Å²) in [5.41, 5.74) is 1.07. The van der Waals surface area contributed by atoms with E-state index in [9.17, 15) is 9.59 Å². The molecule has 170 valence electrons. The minimum Gasteiger partial charge on any atom is -0.484 e. The molecule has 1 heterocycles. The highest BCUT2D eigenvalue weighted by Crippen LogP contribution is 2.16. The van der Waals surface area contributed by atoms with Crippen LogP contribution in [0.4, 0.5) is 0 Å². The van der Waals surface area contributed by atoms with Crippen LogP contribution >= 0.6 is 11.6 Å². The zero-order valence-electron chi connectivity index (χ0n) is 19.0. The monoisotopic (exact) mass is 447 g/mol. The SMILES string of the molecule is CCCCN(Cc1cccn1C)C(=O)CN(C(=O)COc1ccc(Cl)cc1)C(C)CC. The first-order valence-electron chi connectivity index (χ1n) is 10.9. The van der Waals surface area contributed by atoms with Crippen LogP contribution in [0.15, 0.2) is 42.6 Å². The Hall–Kier alpha value is -2.47. The number of rotatable bonds is 12. The molecule has 0 aliphatic rings. The number of hydrogen-bond donors (Lipinski definition) is 0. The summed E-state index contributed by atoms with van der Waals surface area (Å²) in [7, 11) is 1.97. The number of nitrogens with zero attached hydrogens (tertiary/aromatic N) is 3. The van der Waals surface area contributed by atoms with Crippen molar-refractivity contribution in [2.45, 2.75) is 52.6 Å². The van der Waals surface area contributed by atoms with Crippen LogP contribution in [0.1, 0.15) is 45.7 Å². The van der Waals surface area contributed by atoms with Gasteiger partial charge in [0.05, 0.1) is 6.54 Å². The summed E-state index contributed by atoms with van der Waals surface area (Å²) in [4.78, 5) is 29.6. The van der Waals surface area contributed by atoms with E-state index >= 15 is 0 Å². The largest absolute Gasteiger partial charge is 0.484 e. The first kappa shape index (κ1) is 24.8. The van der Waals surface area contributed by atoms with Crippen LogP contribution in [-0.4, -0.2) is 51.9 Å². The van der Waals surface area contributed by atoms with Gasteiger partial charge in [0.2, 0.25) is 5.91 Å². The molecule has 2 rings (SSSR count). The molecule has 0 fully saturated rings. The summed E-state index contributed by atoms with van der Waals surface area (Å²) in [6, 6.07) is 10.8. The molecule has 2 amide bonds. The Morgan fingerprint density at radius 1 is 1.13 bits per heavy atom. The minimum atomic E-state index is -0.202. The third-order valence-corrected chi connectivity index (χ3v) is 5.72. The fourth-order valence-electron chi connectivity index (χ4n) is 3.21. The smallest absolute Gasteiger partial charge is 0.261 e. The lowest BCUT2D eigenvalue weighted by molar-refractivity contribution is -0.144. The van der Waals surface area contributed by atoms with E-state index in [4.69, 9.17) is 16.3 Å². The zero-order chi connectivity index (χ0) is 22.8. The summed E-state index contributed by atoms with van der Waals surface area (Å²) in [5.74, 6) is 0.322. The maximum absolute atomic E-state index is 13.2. The van der Waals surface area contributed by atoms with Crippen molar-refractivity contribution in [1.82, 2.24) is 14.4 Å². The summed E-state index contributed by atoms with van der Waals surface area (Å²) >= 11 is 5.89. The van der Waals surface area contributed by atoms with Gasteiger partial charge in [-0.05, 0) is 56.2 Å². The molecule has 0 aliphatic heterocycles. The van der Waals surface area contributed by atoms with E-state index in [0.717, 1.165) is 25.0 Å². The molecule has 0 radical (unpaired) electrons. The molecule has 6 nitrogen and oxygen atoms in total. The van der Waals surface area contributed by atoms with Gasteiger partial charge in [0.25, 0.3) is 5.91 Å². The molecule has 7 heteroatoms. The van der Waals surface area contributed by atoms with Gasteiger partial charge in [0.1, 0.15) is 12.3 Å². The standard InChI is InChI=1S/C24H34ClN3O3/c1-5-7-15-27(16-21-9-8-14-26(21)4)23(29)17-28(19(3)6-2)24(30)18-31-22-12-10-20(25)11-13-22/h8-14,19H,5-7,15-18H2,1-4H3. The maximum atomic E-state index is 13.2. The quantitative estimate of drug-likeness (QED) is 0.481. The third kappa shape index (κ3) is 7.62. The number of aryl methyl sites for hydroxylation is 1. The Morgan fingerprint density at radius 2 is 1.84 bits per heavy atom. The second-order valence-corrected chi connectivity index (χ2v) is 8.24. The van der Waals surface area contributed by atoms with Crippen LogP contribution in [0.2, 0.25) is 5.02 Å². The van der Waals surface area contributed by atoms with Crippen LogP contribution < -0.4 is 4.74 Å². The molecule has 0 saturated carbocycles. The van der Waals surface area contributed by atoms with Gasteiger partial charge in [-0.2, -0.15) is 0 Å². The third-order valence-electron chi connectivity index (χ3n) is 5.46. The van der Waals surface area contributed by atoms with E-state index in [0.29, 0.717) is 23.9 Å². The van der Waals surface area contributed by atoms with Gasteiger partial charge in [0.15, 0.2) is 6.61 Å². The maximum Gasteiger partial charge on any atom is 0.261 e. The highest BCUT2D eigenvalue weighted by molar-refractivity contribution is 6.30. The molecule has 0 saturated heterocycles. The molecule has 0 N–H and O–H groups in total. The number of benzene rings is 1. The number of ether oxygens (including phenoxy) is 1. The Morgan fingerprint density at radius 3 is 2.42 bits per heavy atom. The Kier molecular flexibility index (Phi) is 9.92. The minimum absolute atomic E-state index is 0.0465. The van der Waals surface area contributed by atoms with Crippen LogP contribution in [0.5, 0.6) is 5.75 Å². The molecule has 2 aromatic rings. The van der Waals surface area contributed by atoms with Crippen LogP contribution in [-0.2, 0) is 23.2 Å². The van der Waals surface area contributed by atoms with Gasteiger partial charge in [-0.3, -0.25) is 9.59 Å². The summed E-state index contributed by atoms with van der Waals surface area (Å²) in [6.07, 6.45) is 4.65. The van der Waals surface area contributed by atoms with Crippen molar-refractivity contribution in [3.63, 3.8) is 0 Å². The van der Waals surface area contributed by atoms with Gasteiger partial charge in [0, 0.05) is 36.5 Å². The first-order valence-corrected chi connectivity index (χ1v) is 11.3. The van der Waals surface area contributed by atoms with Crippen molar-refractivity contribution < 1.29 is 14.3 Å². The zero-order valence-corrected chi connectivity index (χ0v) is 19.8. The second-order valence-electron chi connectivity index (χ2n) is 7.80. The lowest BCUT2D eigenvalue weighted by Crippen LogP contribution is -2.48. The number of carbonyl (C=O) groups is 2. The summed E-state index contributed by atoms with van der Waals surface area (Å²) in [5, 5.41) is 0.607. The van der Waals surface area contributed by atoms with E-state index in [-0.39, 0.29) is 31.0 Å². The lowest BCUT2D eigenvalue weighted by atomic mass is 10.2. The molecule has 1 aromatic carbocycles. The molecular formula is C24H34ClN3O3. The molecule has 31 heavy (non-hydrogen) atoms. The van der Waals surface area contributed by atoms with Crippen molar-refractivity contribution in [3.8, 4) is 5.75 Å². The molecule has 1 atom stereocenters. The van der Waals surface area contributed by atoms with Gasteiger partial charge >= 0.3 is 0 Å². The van der Waals surface area contributed by atoms with E-state index in [1.54, 1.807) is 29.2 Å². The van der Waals surface area contributed by atoms with Gasteiger partial charge < -0.3 is 19.1 Å². The van der Waals surface area contributed by atoms with E-state index in [1.807, 2.05) is 48.7 Å². The van der Waals surface area contributed by atoms with E-state index in [2.05, 4.69) is 6.92 Å². The van der Waals surface area contributed by atoms with Crippen molar-refractivity contribution in [1.29, 1.82) is 0 Å². The summed E-state index contributed by atoms with van der Waals surface area (Å²) < 4.78 is 7.65. The predicted molar refractivity (Wildman–Crippen MR) is 124 cm³/mol. The molecule has 1 aromatic heterocycles. The van der Waals surface area contributed by atoms with Crippen molar-refractivity contribution in [3.05, 3.63) is 53.3 Å². The molecule has 0 aliphatic carbocycles. The fraction of sp³-hybridized carbons (Fsp3) is 0.500. The topological polar surface area (TPSA) is 54.8 Å². The van der Waals surface area contributed by atoms with Gasteiger partial charge in [-0.15, -0.1) is 0 Å². The Bertz CT molecular complexity index is 835. The number of unbranched alkanes of at least 4 members (excludes halogenated alkanes) is 1. The normalized spacial score (nSPS) is 11.8. The predicted octanol–water partition coefficient (Wildman–Crippen LogP) is 4.51. The Balaban J connectivity index is 2.06. The molecule has 0 bridgehead atoms. The lowest BCUT2D eigenvalue weighted by Gasteiger charge is -2.31. The summed E-state index contributed by atoms with van der Waals surface area (Å²) in [6.45, 7) is 7.21. The van der Waals surface area contributed by atoms with Crippen molar-refractivity contribution in [2.75, 3.05) is 19.7 Å². The van der Waals surface area contributed by atoms with Crippen LogP contribution in [0, 0.1) is 0 Å². The Labute approximate surface area is 190 Å². The number of amides is 2. The fourth-order valence-corrected chi connectivity index (χ4v) is 3.34. The van der Waals surface area contributed by atoms with Crippen LogP contribution in [0.25, 0.3) is 0 Å².